The Morgan fingerprint density at radius 1 is 1.42 bits per heavy atom. The fourth-order valence-electron chi connectivity index (χ4n) is 1.64. The molecule has 2 atom stereocenters. The van der Waals surface area contributed by atoms with Gasteiger partial charge in [0, 0.05) is 18.0 Å². The third-order valence-electron chi connectivity index (χ3n) is 2.23. The molecule has 64 valence electrons. The molecule has 0 fully saturated rings. The molecular formula is C10H13NO. The van der Waals surface area contributed by atoms with E-state index in [4.69, 9.17) is 10.5 Å². The third kappa shape index (κ3) is 1.18. The van der Waals surface area contributed by atoms with Crippen molar-refractivity contribution in [3.63, 3.8) is 0 Å². The van der Waals surface area contributed by atoms with Gasteiger partial charge in [0.1, 0.15) is 5.75 Å². The van der Waals surface area contributed by atoms with E-state index in [-0.39, 0.29) is 12.1 Å². The smallest absolute Gasteiger partial charge is 0.124 e. The molecule has 0 amide bonds. The Kier molecular flexibility index (Phi) is 1.77. The van der Waals surface area contributed by atoms with Crippen LogP contribution in [0.2, 0.25) is 0 Å². The Morgan fingerprint density at radius 3 is 3.00 bits per heavy atom. The lowest BCUT2D eigenvalue weighted by atomic mass is 9.98. The molecule has 0 aliphatic carbocycles. The second-order valence-corrected chi connectivity index (χ2v) is 3.31. The van der Waals surface area contributed by atoms with Crippen LogP contribution < -0.4 is 10.5 Å². The summed E-state index contributed by atoms with van der Waals surface area (Å²) in [5.41, 5.74) is 7.09. The average Bonchev–Trinajstić information content (AvgIpc) is 2.04. The van der Waals surface area contributed by atoms with Gasteiger partial charge in [-0.3, -0.25) is 0 Å². The van der Waals surface area contributed by atoms with Gasteiger partial charge >= 0.3 is 0 Å². The van der Waals surface area contributed by atoms with E-state index in [1.54, 1.807) is 0 Å². The van der Waals surface area contributed by atoms with Crippen molar-refractivity contribution in [2.45, 2.75) is 25.5 Å². The predicted molar refractivity (Wildman–Crippen MR) is 48.1 cm³/mol. The first-order valence-corrected chi connectivity index (χ1v) is 4.28. The Bertz CT molecular complexity index is 285. The first kappa shape index (κ1) is 7.62. The summed E-state index contributed by atoms with van der Waals surface area (Å²) in [5, 5.41) is 0. The second-order valence-electron chi connectivity index (χ2n) is 3.31. The van der Waals surface area contributed by atoms with E-state index in [0.717, 1.165) is 17.7 Å². The van der Waals surface area contributed by atoms with E-state index in [1.807, 2.05) is 24.3 Å². The molecule has 2 rings (SSSR count). The van der Waals surface area contributed by atoms with Crippen LogP contribution in [0, 0.1) is 0 Å². The summed E-state index contributed by atoms with van der Waals surface area (Å²) >= 11 is 0. The lowest BCUT2D eigenvalue weighted by molar-refractivity contribution is 0.177. The molecule has 0 saturated heterocycles. The molecular weight excluding hydrogens is 150 g/mol. The minimum absolute atomic E-state index is 0.143. The van der Waals surface area contributed by atoms with Gasteiger partial charge in [-0.05, 0) is 13.0 Å². The molecule has 0 saturated carbocycles. The zero-order valence-electron chi connectivity index (χ0n) is 7.16. The van der Waals surface area contributed by atoms with Crippen molar-refractivity contribution >= 4 is 0 Å². The van der Waals surface area contributed by atoms with Crippen molar-refractivity contribution in [1.82, 2.24) is 0 Å². The van der Waals surface area contributed by atoms with Crippen LogP contribution in [0.4, 0.5) is 0 Å². The molecule has 1 aliphatic rings. The zero-order chi connectivity index (χ0) is 8.55. The van der Waals surface area contributed by atoms with Gasteiger partial charge in [-0.15, -0.1) is 0 Å². The van der Waals surface area contributed by atoms with Crippen LogP contribution in [0.3, 0.4) is 0 Å². The predicted octanol–water partition coefficient (Wildman–Crippen LogP) is 1.86. The van der Waals surface area contributed by atoms with Crippen LogP contribution in [0.25, 0.3) is 0 Å². The number of hydrogen-bond acceptors (Lipinski definition) is 2. The first-order valence-electron chi connectivity index (χ1n) is 4.28. The van der Waals surface area contributed by atoms with Gasteiger partial charge in [0.2, 0.25) is 0 Å². The average molecular weight is 163 g/mol. The molecule has 12 heavy (non-hydrogen) atoms. The highest BCUT2D eigenvalue weighted by molar-refractivity contribution is 5.37. The van der Waals surface area contributed by atoms with Crippen molar-refractivity contribution in [2.75, 3.05) is 0 Å². The Balaban J connectivity index is 2.40. The van der Waals surface area contributed by atoms with E-state index < -0.39 is 0 Å². The van der Waals surface area contributed by atoms with Gasteiger partial charge in [-0.1, -0.05) is 18.2 Å². The van der Waals surface area contributed by atoms with Crippen LogP contribution in [-0.2, 0) is 0 Å². The van der Waals surface area contributed by atoms with Crippen LogP contribution in [0.5, 0.6) is 5.75 Å². The van der Waals surface area contributed by atoms with Crippen molar-refractivity contribution in [3.8, 4) is 5.75 Å². The largest absolute Gasteiger partial charge is 0.490 e. The fourth-order valence-corrected chi connectivity index (χ4v) is 1.64. The van der Waals surface area contributed by atoms with Gasteiger partial charge < -0.3 is 10.5 Å². The number of para-hydroxylation sites is 1. The Labute approximate surface area is 72.3 Å². The molecule has 0 spiro atoms. The van der Waals surface area contributed by atoms with Gasteiger partial charge in [0.05, 0.1) is 6.10 Å². The molecule has 2 N–H and O–H groups in total. The minimum atomic E-state index is 0.143. The molecule has 1 aliphatic heterocycles. The summed E-state index contributed by atoms with van der Waals surface area (Å²) in [5.74, 6) is 0.948. The van der Waals surface area contributed by atoms with E-state index in [1.165, 1.54) is 0 Å². The number of benzene rings is 1. The van der Waals surface area contributed by atoms with Gasteiger partial charge in [-0.2, -0.15) is 0 Å². The number of nitrogens with two attached hydrogens (primary N) is 1. The SMILES string of the molecule is C[C@H]1C[C@H](N)c2ccccc2O1. The van der Waals surface area contributed by atoms with Crippen LogP contribution in [0.1, 0.15) is 24.9 Å². The molecule has 1 aromatic carbocycles. The van der Waals surface area contributed by atoms with Crippen molar-refractivity contribution in [1.29, 1.82) is 0 Å². The summed E-state index contributed by atoms with van der Waals surface area (Å²) < 4.78 is 5.62. The van der Waals surface area contributed by atoms with E-state index in [0.29, 0.717) is 0 Å². The Hall–Kier alpha value is -1.02. The van der Waals surface area contributed by atoms with E-state index in [2.05, 4.69) is 6.92 Å². The number of fused-ring (bicyclic) bond motifs is 1. The topological polar surface area (TPSA) is 35.2 Å². The van der Waals surface area contributed by atoms with Crippen molar-refractivity contribution in [2.24, 2.45) is 5.73 Å². The standard InChI is InChI=1S/C10H13NO/c1-7-6-9(11)8-4-2-3-5-10(8)12-7/h2-5,7,9H,6,11H2,1H3/t7-,9-/m0/s1. The van der Waals surface area contributed by atoms with Crippen LogP contribution >= 0.6 is 0 Å². The number of rotatable bonds is 0. The minimum Gasteiger partial charge on any atom is -0.490 e. The molecule has 1 aromatic rings. The second kappa shape index (κ2) is 2.79. The zero-order valence-corrected chi connectivity index (χ0v) is 7.16. The normalized spacial score (nSPS) is 27.5. The highest BCUT2D eigenvalue weighted by Gasteiger charge is 2.21. The fraction of sp³-hybridized carbons (Fsp3) is 0.400. The maximum Gasteiger partial charge on any atom is 0.124 e. The molecule has 0 aromatic heterocycles. The molecule has 0 radical (unpaired) electrons. The molecule has 1 heterocycles. The maximum absolute atomic E-state index is 5.96. The maximum atomic E-state index is 5.96. The van der Waals surface area contributed by atoms with Crippen molar-refractivity contribution in [3.05, 3.63) is 29.8 Å². The van der Waals surface area contributed by atoms with Gasteiger partial charge in [-0.25, -0.2) is 0 Å². The molecule has 2 nitrogen and oxygen atoms in total. The number of hydrogen-bond donors (Lipinski definition) is 1. The summed E-state index contributed by atoms with van der Waals surface area (Å²) in [6, 6.07) is 8.13. The van der Waals surface area contributed by atoms with E-state index in [9.17, 15) is 0 Å². The Morgan fingerprint density at radius 2 is 2.17 bits per heavy atom. The van der Waals surface area contributed by atoms with Gasteiger partial charge in [0.15, 0.2) is 0 Å². The van der Waals surface area contributed by atoms with Gasteiger partial charge in [0.25, 0.3) is 0 Å². The quantitative estimate of drug-likeness (QED) is 0.633. The monoisotopic (exact) mass is 163 g/mol. The summed E-state index contributed by atoms with van der Waals surface area (Å²) in [7, 11) is 0. The van der Waals surface area contributed by atoms with Crippen molar-refractivity contribution < 1.29 is 4.74 Å². The number of ether oxygens (including phenoxy) is 1. The third-order valence-corrected chi connectivity index (χ3v) is 2.23. The highest BCUT2D eigenvalue weighted by Crippen LogP contribution is 2.32. The molecule has 2 heteroatoms. The summed E-state index contributed by atoms with van der Waals surface area (Å²) in [6.07, 6.45) is 1.16. The lowest BCUT2D eigenvalue weighted by Gasteiger charge is -2.27. The van der Waals surface area contributed by atoms with Crippen LogP contribution in [-0.4, -0.2) is 6.10 Å². The van der Waals surface area contributed by atoms with E-state index >= 15 is 0 Å². The summed E-state index contributed by atoms with van der Waals surface area (Å²) in [6.45, 7) is 2.05. The summed E-state index contributed by atoms with van der Waals surface area (Å²) in [4.78, 5) is 0. The first-order chi connectivity index (χ1) is 5.77. The lowest BCUT2D eigenvalue weighted by Crippen LogP contribution is -2.26. The molecule has 0 unspecified atom stereocenters. The van der Waals surface area contributed by atoms with Crippen LogP contribution in [0.15, 0.2) is 24.3 Å². The highest BCUT2D eigenvalue weighted by atomic mass is 16.5. The molecule has 0 bridgehead atoms.